The van der Waals surface area contributed by atoms with E-state index in [1.807, 2.05) is 49.7 Å². The van der Waals surface area contributed by atoms with Crippen molar-refractivity contribution in [2.45, 2.75) is 26.4 Å². The quantitative estimate of drug-likeness (QED) is 0.521. The molecule has 27 heavy (non-hydrogen) atoms. The molecule has 138 valence electrons. The predicted octanol–water partition coefficient (Wildman–Crippen LogP) is 4.46. The van der Waals surface area contributed by atoms with Crippen LogP contribution in [0.2, 0.25) is 0 Å². The molecule has 0 saturated carbocycles. The Kier molecular flexibility index (Phi) is 4.35. The molecule has 0 radical (unpaired) electrons. The van der Waals surface area contributed by atoms with Crippen molar-refractivity contribution in [1.82, 2.24) is 19.7 Å². The summed E-state index contributed by atoms with van der Waals surface area (Å²) in [5.41, 5.74) is 2.36. The second kappa shape index (κ2) is 6.83. The lowest BCUT2D eigenvalue weighted by Gasteiger charge is -2.07. The van der Waals surface area contributed by atoms with E-state index in [1.54, 1.807) is 6.07 Å². The Bertz CT molecular complexity index is 1100. The van der Waals surface area contributed by atoms with Crippen molar-refractivity contribution in [3.05, 3.63) is 60.0 Å². The number of aryl methyl sites for hydroxylation is 1. The molecule has 0 fully saturated rings. The van der Waals surface area contributed by atoms with Crippen LogP contribution in [0.1, 0.15) is 31.5 Å². The summed E-state index contributed by atoms with van der Waals surface area (Å²) in [6.45, 7) is 4.20. The Morgan fingerprint density at radius 1 is 1.15 bits per heavy atom. The van der Waals surface area contributed by atoms with Crippen LogP contribution in [0.15, 0.2) is 47.0 Å². The third kappa shape index (κ3) is 3.40. The molecule has 0 amide bonds. The third-order valence-corrected chi connectivity index (χ3v) is 4.28. The number of imidazole rings is 1. The van der Waals surface area contributed by atoms with Gasteiger partial charge in [-0.1, -0.05) is 31.1 Å². The van der Waals surface area contributed by atoms with Crippen LogP contribution >= 0.6 is 0 Å². The summed E-state index contributed by atoms with van der Waals surface area (Å²) in [5, 5.41) is 3.92. The molecule has 0 aliphatic carbocycles. The number of hydrogen-bond donors (Lipinski definition) is 0. The van der Waals surface area contributed by atoms with Crippen LogP contribution in [0.4, 0.5) is 4.39 Å². The summed E-state index contributed by atoms with van der Waals surface area (Å²) in [4.78, 5) is 8.86. The minimum Gasteiger partial charge on any atom is -0.485 e. The molecule has 4 rings (SSSR count). The number of aromatic nitrogens is 4. The van der Waals surface area contributed by atoms with E-state index in [-0.39, 0.29) is 18.3 Å². The van der Waals surface area contributed by atoms with Crippen LogP contribution in [0.5, 0.6) is 5.75 Å². The fourth-order valence-electron chi connectivity index (χ4n) is 2.86. The van der Waals surface area contributed by atoms with Gasteiger partial charge in [0.15, 0.2) is 6.61 Å². The van der Waals surface area contributed by atoms with E-state index in [4.69, 9.17) is 9.26 Å². The van der Waals surface area contributed by atoms with Crippen LogP contribution in [0.25, 0.3) is 22.4 Å². The SMILES string of the molecule is CC(C)c1nc(COc2cccc(-c3nc4cc(F)ccc4n3C)c2)no1. The summed E-state index contributed by atoms with van der Waals surface area (Å²) in [6.07, 6.45) is 0. The van der Waals surface area contributed by atoms with Crippen molar-refractivity contribution >= 4 is 11.0 Å². The normalized spacial score (nSPS) is 11.4. The van der Waals surface area contributed by atoms with E-state index < -0.39 is 0 Å². The highest BCUT2D eigenvalue weighted by Crippen LogP contribution is 2.27. The highest BCUT2D eigenvalue weighted by molar-refractivity contribution is 5.80. The molecule has 0 saturated heterocycles. The lowest BCUT2D eigenvalue weighted by atomic mass is 10.2. The molecule has 2 aromatic carbocycles. The lowest BCUT2D eigenvalue weighted by molar-refractivity contribution is 0.284. The molecule has 2 heterocycles. The van der Waals surface area contributed by atoms with E-state index in [1.165, 1.54) is 12.1 Å². The standard InChI is InChI=1S/C20H19FN4O2/c1-12(2)20-23-18(24-27-20)11-26-15-6-4-5-13(9-15)19-22-16-10-14(21)7-8-17(16)25(19)3/h4-10,12H,11H2,1-3H3. The predicted molar refractivity (Wildman–Crippen MR) is 98.8 cm³/mol. The molecule has 0 bridgehead atoms. The van der Waals surface area contributed by atoms with Crippen molar-refractivity contribution in [3.8, 4) is 17.1 Å². The summed E-state index contributed by atoms with van der Waals surface area (Å²) in [7, 11) is 1.91. The Balaban J connectivity index is 1.58. The molecule has 0 spiro atoms. The number of rotatable bonds is 5. The van der Waals surface area contributed by atoms with Gasteiger partial charge in [0.05, 0.1) is 11.0 Å². The zero-order valence-electron chi connectivity index (χ0n) is 15.3. The van der Waals surface area contributed by atoms with Gasteiger partial charge in [0, 0.05) is 24.6 Å². The maximum absolute atomic E-state index is 13.5. The summed E-state index contributed by atoms with van der Waals surface area (Å²) in [6, 6.07) is 12.2. The van der Waals surface area contributed by atoms with E-state index in [0.29, 0.717) is 23.0 Å². The van der Waals surface area contributed by atoms with Gasteiger partial charge in [0.25, 0.3) is 0 Å². The Morgan fingerprint density at radius 3 is 2.78 bits per heavy atom. The Morgan fingerprint density at radius 2 is 2.00 bits per heavy atom. The van der Waals surface area contributed by atoms with Crippen LogP contribution in [0.3, 0.4) is 0 Å². The monoisotopic (exact) mass is 366 g/mol. The first-order chi connectivity index (χ1) is 13.0. The minimum atomic E-state index is -0.301. The zero-order chi connectivity index (χ0) is 19.0. The largest absolute Gasteiger partial charge is 0.485 e. The van der Waals surface area contributed by atoms with E-state index in [0.717, 1.165) is 16.9 Å². The van der Waals surface area contributed by atoms with Gasteiger partial charge < -0.3 is 13.8 Å². The number of ether oxygens (including phenoxy) is 1. The van der Waals surface area contributed by atoms with Gasteiger partial charge >= 0.3 is 0 Å². The van der Waals surface area contributed by atoms with E-state index >= 15 is 0 Å². The second-order valence-corrected chi connectivity index (χ2v) is 6.65. The minimum absolute atomic E-state index is 0.178. The second-order valence-electron chi connectivity index (χ2n) is 6.65. The Labute approximate surface area is 155 Å². The fraction of sp³-hybridized carbons (Fsp3) is 0.250. The van der Waals surface area contributed by atoms with Gasteiger partial charge in [-0.05, 0) is 24.3 Å². The number of nitrogens with zero attached hydrogens (tertiary/aromatic N) is 4. The Hall–Kier alpha value is -3.22. The van der Waals surface area contributed by atoms with Crippen LogP contribution in [-0.4, -0.2) is 19.7 Å². The third-order valence-electron chi connectivity index (χ3n) is 4.28. The first kappa shape index (κ1) is 17.2. The highest BCUT2D eigenvalue weighted by Gasteiger charge is 2.13. The smallest absolute Gasteiger partial charge is 0.229 e. The summed E-state index contributed by atoms with van der Waals surface area (Å²) < 4.78 is 26.4. The maximum Gasteiger partial charge on any atom is 0.229 e. The number of halogens is 1. The number of fused-ring (bicyclic) bond motifs is 1. The van der Waals surface area contributed by atoms with Crippen molar-refractivity contribution < 1.29 is 13.7 Å². The van der Waals surface area contributed by atoms with Crippen LogP contribution < -0.4 is 4.74 Å². The first-order valence-corrected chi connectivity index (χ1v) is 8.69. The molecule has 6 nitrogen and oxygen atoms in total. The average Bonchev–Trinajstić information content (AvgIpc) is 3.25. The molecule has 0 aliphatic heterocycles. The molecule has 0 unspecified atom stereocenters. The number of hydrogen-bond acceptors (Lipinski definition) is 5. The summed E-state index contributed by atoms with van der Waals surface area (Å²) in [5.74, 6) is 2.38. The maximum atomic E-state index is 13.5. The van der Waals surface area contributed by atoms with Gasteiger partial charge in [-0.25, -0.2) is 9.37 Å². The molecular weight excluding hydrogens is 347 g/mol. The van der Waals surface area contributed by atoms with Crippen molar-refractivity contribution in [3.63, 3.8) is 0 Å². The highest BCUT2D eigenvalue weighted by atomic mass is 19.1. The lowest BCUT2D eigenvalue weighted by Crippen LogP contribution is -1.99. The first-order valence-electron chi connectivity index (χ1n) is 8.69. The molecular formula is C20H19FN4O2. The molecule has 0 aliphatic rings. The molecule has 7 heteroatoms. The average molecular weight is 366 g/mol. The summed E-state index contributed by atoms with van der Waals surface area (Å²) >= 11 is 0. The van der Waals surface area contributed by atoms with Gasteiger partial charge in [0.1, 0.15) is 17.4 Å². The number of benzene rings is 2. The van der Waals surface area contributed by atoms with E-state index in [9.17, 15) is 4.39 Å². The van der Waals surface area contributed by atoms with Crippen molar-refractivity contribution in [2.75, 3.05) is 0 Å². The van der Waals surface area contributed by atoms with Crippen LogP contribution in [0, 0.1) is 5.82 Å². The van der Waals surface area contributed by atoms with Gasteiger partial charge in [-0.2, -0.15) is 4.98 Å². The molecule has 0 N–H and O–H groups in total. The van der Waals surface area contributed by atoms with Gasteiger partial charge in [-0.3, -0.25) is 0 Å². The molecule has 4 aromatic rings. The van der Waals surface area contributed by atoms with Gasteiger partial charge in [-0.15, -0.1) is 0 Å². The van der Waals surface area contributed by atoms with Gasteiger partial charge in [0.2, 0.25) is 11.7 Å². The fourth-order valence-corrected chi connectivity index (χ4v) is 2.86. The zero-order valence-corrected chi connectivity index (χ0v) is 15.3. The van der Waals surface area contributed by atoms with Crippen molar-refractivity contribution in [2.24, 2.45) is 7.05 Å². The molecule has 0 atom stereocenters. The molecule has 2 aromatic heterocycles. The van der Waals surface area contributed by atoms with Crippen molar-refractivity contribution in [1.29, 1.82) is 0 Å². The van der Waals surface area contributed by atoms with Crippen LogP contribution in [-0.2, 0) is 13.7 Å². The van der Waals surface area contributed by atoms with E-state index in [2.05, 4.69) is 15.1 Å². The topological polar surface area (TPSA) is 66.0 Å².